The molecule has 1 aliphatic rings. The molecule has 1 heterocycles. The van der Waals surface area contributed by atoms with Gasteiger partial charge in [-0.1, -0.05) is 6.08 Å². The van der Waals surface area contributed by atoms with Crippen LogP contribution >= 0.6 is 0 Å². The van der Waals surface area contributed by atoms with Crippen LogP contribution in [0.2, 0.25) is 0 Å². The minimum Gasteiger partial charge on any atom is -0.504 e. The first kappa shape index (κ1) is 29.3. The molecule has 1 fully saturated rings. The number of carbonyl (C=O) groups excluding carboxylic acids is 2. The third kappa shape index (κ3) is 7.78. The summed E-state index contributed by atoms with van der Waals surface area (Å²) in [5, 5.41) is 59.8. The summed E-state index contributed by atoms with van der Waals surface area (Å²) in [5.74, 6) is -2.01. The Morgan fingerprint density at radius 3 is 2.36 bits per heavy atom. The normalized spacial score (nSPS) is 25.7. The fraction of sp³-hybridized carbons (Fsp3) is 0.565. The van der Waals surface area contributed by atoms with Crippen molar-refractivity contribution in [3.63, 3.8) is 0 Å². The van der Waals surface area contributed by atoms with E-state index >= 15 is 0 Å². The first-order chi connectivity index (χ1) is 16.9. The number of phenols is 1. The largest absolute Gasteiger partial charge is 0.504 e. The molecule has 13 heteroatoms. The van der Waals surface area contributed by atoms with Gasteiger partial charge in [0, 0.05) is 0 Å². The van der Waals surface area contributed by atoms with Crippen molar-refractivity contribution < 1.29 is 63.9 Å². The molecule has 0 aromatic heterocycles. The molecule has 0 radical (unpaired) electrons. The van der Waals surface area contributed by atoms with E-state index in [1.807, 2.05) is 0 Å². The Labute approximate surface area is 207 Å². The lowest BCUT2D eigenvalue weighted by Gasteiger charge is -2.39. The molecule has 6 atom stereocenters. The molecule has 0 bridgehead atoms. The Balaban J connectivity index is 2.02. The predicted molar refractivity (Wildman–Crippen MR) is 121 cm³/mol. The predicted octanol–water partition coefficient (Wildman–Crippen LogP) is -1.16. The third-order valence-corrected chi connectivity index (χ3v) is 5.29. The second kappa shape index (κ2) is 12.9. The lowest BCUT2D eigenvalue weighted by Crippen LogP contribution is -2.60. The lowest BCUT2D eigenvalue weighted by molar-refractivity contribution is -0.277. The second-order valence-electron chi connectivity index (χ2n) is 8.40. The van der Waals surface area contributed by atoms with Gasteiger partial charge in [0.25, 0.3) is 0 Å². The van der Waals surface area contributed by atoms with E-state index < -0.39 is 67.0 Å². The number of rotatable bonds is 11. The quantitative estimate of drug-likeness (QED) is 0.192. The van der Waals surface area contributed by atoms with Crippen LogP contribution in [0.15, 0.2) is 18.2 Å². The van der Waals surface area contributed by atoms with Crippen LogP contribution in [-0.2, 0) is 23.8 Å². The minimum absolute atomic E-state index is 0.0301. The van der Waals surface area contributed by atoms with Gasteiger partial charge in [-0.15, -0.1) is 0 Å². The van der Waals surface area contributed by atoms with Gasteiger partial charge in [-0.2, -0.15) is 0 Å². The summed E-state index contributed by atoms with van der Waals surface area (Å²) in [4.78, 5) is 23.2. The molecule has 1 aromatic carbocycles. The van der Waals surface area contributed by atoms with E-state index in [4.69, 9.17) is 18.9 Å². The maximum absolute atomic E-state index is 11.9. The minimum atomic E-state index is -1.69. The molecule has 36 heavy (non-hydrogen) atoms. The maximum atomic E-state index is 11.9. The number of esters is 2. The van der Waals surface area contributed by atoms with Gasteiger partial charge < -0.3 is 54.3 Å². The monoisotopic (exact) mass is 516 g/mol. The van der Waals surface area contributed by atoms with Crippen LogP contribution in [0, 0.1) is 0 Å². The van der Waals surface area contributed by atoms with E-state index in [1.165, 1.54) is 45.4 Å². The molecule has 13 nitrogen and oxygen atoms in total. The highest BCUT2D eigenvalue weighted by Crippen LogP contribution is 2.40. The average Bonchev–Trinajstić information content (AvgIpc) is 2.82. The SMILES string of the molecule is COC(=O)C[C@](C)(O)CC(=O)OC/C=C/c1cc(O)c(O[C@@H]2O[C@H](CO)[C@@H](O)[C@H](O)[C@H]2O)c(OC)c1. The smallest absolute Gasteiger partial charge is 0.309 e. The number of carbonyl (C=O) groups is 2. The van der Waals surface area contributed by atoms with Crippen LogP contribution in [-0.4, -0.2) is 106 Å². The molecule has 2 rings (SSSR count). The van der Waals surface area contributed by atoms with E-state index in [0.29, 0.717) is 5.56 Å². The fourth-order valence-corrected chi connectivity index (χ4v) is 3.39. The van der Waals surface area contributed by atoms with Gasteiger partial charge in [-0.25, -0.2) is 0 Å². The zero-order valence-corrected chi connectivity index (χ0v) is 20.1. The number of benzene rings is 1. The van der Waals surface area contributed by atoms with Crippen molar-refractivity contribution in [2.45, 2.75) is 56.1 Å². The number of aliphatic hydroxyl groups is 5. The van der Waals surface area contributed by atoms with Crippen molar-refractivity contribution in [3.8, 4) is 17.2 Å². The number of hydrogen-bond donors (Lipinski definition) is 6. The summed E-state index contributed by atoms with van der Waals surface area (Å²) >= 11 is 0. The van der Waals surface area contributed by atoms with Gasteiger partial charge in [-0.3, -0.25) is 9.59 Å². The number of hydrogen-bond acceptors (Lipinski definition) is 13. The number of ether oxygens (including phenoxy) is 5. The van der Waals surface area contributed by atoms with Gasteiger partial charge in [0.2, 0.25) is 12.0 Å². The summed E-state index contributed by atoms with van der Waals surface area (Å²) in [6, 6.07) is 2.74. The zero-order valence-electron chi connectivity index (χ0n) is 20.1. The number of methoxy groups -OCH3 is 2. The summed E-state index contributed by atoms with van der Waals surface area (Å²) < 4.78 is 25.5. The molecule has 1 saturated heterocycles. The molecule has 202 valence electrons. The van der Waals surface area contributed by atoms with E-state index in [9.17, 15) is 40.2 Å². The Kier molecular flexibility index (Phi) is 10.5. The molecular weight excluding hydrogens is 484 g/mol. The molecule has 1 aromatic rings. The molecule has 0 aliphatic carbocycles. The topological polar surface area (TPSA) is 202 Å². The van der Waals surface area contributed by atoms with Gasteiger partial charge in [-0.05, 0) is 30.7 Å². The molecule has 1 aliphatic heterocycles. The Bertz CT molecular complexity index is 927. The Hall–Kier alpha value is -2.94. The van der Waals surface area contributed by atoms with Gasteiger partial charge >= 0.3 is 11.9 Å². The van der Waals surface area contributed by atoms with Crippen molar-refractivity contribution in [2.24, 2.45) is 0 Å². The molecular formula is C23H32O13. The second-order valence-corrected chi connectivity index (χ2v) is 8.40. The van der Waals surface area contributed by atoms with Gasteiger partial charge in [0.1, 0.15) is 31.0 Å². The highest BCUT2D eigenvalue weighted by atomic mass is 16.7. The lowest BCUT2D eigenvalue weighted by atomic mass is 9.98. The summed E-state index contributed by atoms with van der Waals surface area (Å²) in [5.41, 5.74) is -1.21. The fourth-order valence-electron chi connectivity index (χ4n) is 3.39. The molecule has 0 amide bonds. The first-order valence-corrected chi connectivity index (χ1v) is 10.9. The average molecular weight is 516 g/mol. The Morgan fingerprint density at radius 2 is 1.75 bits per heavy atom. The summed E-state index contributed by atoms with van der Waals surface area (Å²) in [6.45, 7) is 0.494. The molecule has 0 saturated carbocycles. The number of aromatic hydroxyl groups is 1. The van der Waals surface area contributed by atoms with E-state index in [2.05, 4.69) is 4.74 Å². The van der Waals surface area contributed by atoms with E-state index in [-0.39, 0.29) is 24.5 Å². The van der Waals surface area contributed by atoms with Crippen molar-refractivity contribution in [3.05, 3.63) is 23.8 Å². The van der Waals surface area contributed by atoms with Crippen molar-refractivity contribution >= 4 is 18.0 Å². The van der Waals surface area contributed by atoms with Crippen LogP contribution in [0.1, 0.15) is 25.3 Å². The van der Waals surface area contributed by atoms with Gasteiger partial charge in [0.05, 0.1) is 39.3 Å². The van der Waals surface area contributed by atoms with Crippen LogP contribution in [0.5, 0.6) is 17.2 Å². The highest BCUT2D eigenvalue weighted by molar-refractivity contribution is 5.75. The molecule has 6 N–H and O–H groups in total. The van der Waals surface area contributed by atoms with Crippen LogP contribution in [0.4, 0.5) is 0 Å². The maximum Gasteiger partial charge on any atom is 0.309 e. The van der Waals surface area contributed by atoms with Crippen LogP contribution in [0.25, 0.3) is 6.08 Å². The standard InChI is InChI=1S/C23H32O13/c1-23(31,9-16(26)33-3)10-17(27)34-6-4-5-12-7-13(25)21(14(8-12)32-2)36-22-20(30)19(29)18(28)15(11-24)35-22/h4-5,7-8,15,18-20,22,24-25,28-31H,6,9-11H2,1-3H3/b5-4+/t15-,18-,19+,20-,22+,23+/m1/s1. The van der Waals surface area contributed by atoms with Crippen LogP contribution in [0.3, 0.4) is 0 Å². The number of aliphatic hydroxyl groups excluding tert-OH is 4. The highest BCUT2D eigenvalue weighted by Gasteiger charge is 2.45. The molecule has 0 unspecified atom stereocenters. The summed E-state index contributed by atoms with van der Waals surface area (Å²) in [6.07, 6.45) is -5.48. The third-order valence-electron chi connectivity index (χ3n) is 5.29. The van der Waals surface area contributed by atoms with E-state index in [0.717, 1.165) is 0 Å². The number of phenolic OH excluding ortho intramolecular Hbond substituents is 1. The Morgan fingerprint density at radius 1 is 1.08 bits per heavy atom. The zero-order chi connectivity index (χ0) is 27.0. The van der Waals surface area contributed by atoms with Gasteiger partial charge in [0.15, 0.2) is 11.5 Å². The van der Waals surface area contributed by atoms with E-state index in [1.54, 1.807) is 0 Å². The van der Waals surface area contributed by atoms with Crippen molar-refractivity contribution in [2.75, 3.05) is 27.4 Å². The molecule has 0 spiro atoms. The van der Waals surface area contributed by atoms with Crippen molar-refractivity contribution in [1.82, 2.24) is 0 Å². The van der Waals surface area contributed by atoms with Crippen LogP contribution < -0.4 is 9.47 Å². The summed E-state index contributed by atoms with van der Waals surface area (Å²) in [7, 11) is 2.47. The first-order valence-electron chi connectivity index (χ1n) is 10.9. The van der Waals surface area contributed by atoms with Crippen molar-refractivity contribution in [1.29, 1.82) is 0 Å².